The van der Waals surface area contributed by atoms with Crippen LogP contribution in [0.3, 0.4) is 0 Å². The molecule has 0 aliphatic heterocycles. The third-order valence-electron chi connectivity index (χ3n) is 6.09. The molecule has 0 aromatic heterocycles. The van der Waals surface area contributed by atoms with E-state index in [1.807, 2.05) is 48.5 Å². The fraction of sp³-hybridized carbons (Fsp3) is 0.194. The van der Waals surface area contributed by atoms with Crippen LogP contribution in [0.4, 0.5) is 8.78 Å². The zero-order valence-electron chi connectivity index (χ0n) is 21.1. The predicted octanol–water partition coefficient (Wildman–Crippen LogP) is 6.86. The highest BCUT2D eigenvalue weighted by Crippen LogP contribution is 2.30. The van der Waals surface area contributed by atoms with E-state index < -0.39 is 6.04 Å². The number of ether oxygens (including phenoxy) is 2. The van der Waals surface area contributed by atoms with E-state index in [-0.39, 0.29) is 17.4 Å². The molecule has 2 N–H and O–H groups in total. The summed E-state index contributed by atoms with van der Waals surface area (Å²) in [6.07, 6.45) is 0.483. The van der Waals surface area contributed by atoms with Gasteiger partial charge >= 0.3 is 0 Å². The number of carbonyl (C=O) groups excluding carboxylic acids is 1. The fourth-order valence-corrected chi connectivity index (χ4v) is 3.95. The van der Waals surface area contributed by atoms with E-state index in [0.29, 0.717) is 49.1 Å². The molecule has 4 aromatic rings. The van der Waals surface area contributed by atoms with Gasteiger partial charge in [-0.3, -0.25) is 9.69 Å². The summed E-state index contributed by atoms with van der Waals surface area (Å²) in [5.41, 5.74) is 7.90. The quantitative estimate of drug-likeness (QED) is 0.223. The van der Waals surface area contributed by atoms with E-state index >= 15 is 0 Å². The Morgan fingerprint density at radius 1 is 0.737 bits per heavy atom. The Bertz CT molecular complexity index is 1250. The van der Waals surface area contributed by atoms with Gasteiger partial charge in [-0.05, 0) is 74.0 Å². The van der Waals surface area contributed by atoms with Crippen molar-refractivity contribution in [3.63, 3.8) is 0 Å². The van der Waals surface area contributed by atoms with Crippen molar-refractivity contribution in [1.82, 2.24) is 4.90 Å². The van der Waals surface area contributed by atoms with Crippen LogP contribution in [0.25, 0.3) is 0 Å². The predicted molar refractivity (Wildman–Crippen MR) is 143 cm³/mol. The second kappa shape index (κ2) is 12.9. The Labute approximate surface area is 221 Å². The molecule has 4 aromatic carbocycles. The number of benzene rings is 4. The van der Waals surface area contributed by atoms with Gasteiger partial charge in [0.2, 0.25) is 0 Å². The molecular weight excluding hydrogens is 486 g/mol. The molecule has 7 heteroatoms. The molecule has 0 heterocycles. The van der Waals surface area contributed by atoms with Gasteiger partial charge in [0.15, 0.2) is 0 Å². The second-order valence-corrected chi connectivity index (χ2v) is 9.04. The summed E-state index contributed by atoms with van der Waals surface area (Å²) in [4.78, 5) is 14.0. The first-order valence-corrected chi connectivity index (χ1v) is 12.4. The average Bonchev–Trinajstić information content (AvgIpc) is 2.91. The first-order chi connectivity index (χ1) is 18.4. The number of nitrogens with two attached hydrogens (primary N) is 1. The Kier molecular flexibility index (Phi) is 9.19. The van der Waals surface area contributed by atoms with Gasteiger partial charge in [-0.25, -0.2) is 8.78 Å². The van der Waals surface area contributed by atoms with E-state index in [9.17, 15) is 13.6 Å². The maximum atomic E-state index is 13.4. The Hall–Kier alpha value is -4.07. The lowest BCUT2D eigenvalue weighted by atomic mass is 10.1. The van der Waals surface area contributed by atoms with Gasteiger partial charge in [-0.15, -0.1) is 0 Å². The van der Waals surface area contributed by atoms with E-state index in [1.165, 1.54) is 31.2 Å². The zero-order chi connectivity index (χ0) is 26.9. The molecule has 0 fully saturated rings. The highest BCUT2D eigenvalue weighted by atomic mass is 19.1. The van der Waals surface area contributed by atoms with E-state index in [0.717, 1.165) is 11.1 Å². The van der Waals surface area contributed by atoms with Crippen molar-refractivity contribution in [3.05, 3.63) is 120 Å². The largest absolute Gasteiger partial charge is 0.457 e. The summed E-state index contributed by atoms with van der Waals surface area (Å²) in [6, 6.07) is 26.5. The number of rotatable bonds is 12. The van der Waals surface area contributed by atoms with Crippen LogP contribution in [0.1, 0.15) is 24.5 Å². The van der Waals surface area contributed by atoms with Crippen LogP contribution in [0, 0.1) is 11.6 Å². The molecule has 0 saturated carbocycles. The minimum Gasteiger partial charge on any atom is -0.457 e. The molecule has 0 spiro atoms. The van der Waals surface area contributed by atoms with Gasteiger partial charge in [0.25, 0.3) is 0 Å². The number of ketones is 1. The minimum atomic E-state index is -0.561. The van der Waals surface area contributed by atoms with E-state index in [4.69, 9.17) is 15.2 Å². The monoisotopic (exact) mass is 516 g/mol. The van der Waals surface area contributed by atoms with Crippen molar-refractivity contribution < 1.29 is 23.0 Å². The molecule has 0 saturated heterocycles. The van der Waals surface area contributed by atoms with Crippen LogP contribution in [0.15, 0.2) is 97.1 Å². The van der Waals surface area contributed by atoms with Crippen molar-refractivity contribution in [3.8, 4) is 23.0 Å². The Morgan fingerprint density at radius 3 is 1.58 bits per heavy atom. The van der Waals surface area contributed by atoms with Gasteiger partial charge < -0.3 is 15.2 Å². The topological polar surface area (TPSA) is 64.8 Å². The molecule has 0 aliphatic rings. The van der Waals surface area contributed by atoms with Crippen molar-refractivity contribution in [1.29, 1.82) is 0 Å². The zero-order valence-corrected chi connectivity index (χ0v) is 21.1. The van der Waals surface area contributed by atoms with E-state index in [1.54, 1.807) is 24.3 Å². The fourth-order valence-electron chi connectivity index (χ4n) is 3.95. The summed E-state index contributed by atoms with van der Waals surface area (Å²) in [7, 11) is 0. The number of para-hydroxylation sites is 2. The summed E-state index contributed by atoms with van der Waals surface area (Å²) in [5, 5.41) is 0. The van der Waals surface area contributed by atoms with Gasteiger partial charge in [-0.1, -0.05) is 36.4 Å². The molecule has 38 heavy (non-hydrogen) atoms. The van der Waals surface area contributed by atoms with Crippen molar-refractivity contribution in [2.45, 2.75) is 32.5 Å². The summed E-state index contributed by atoms with van der Waals surface area (Å²) >= 11 is 0. The lowest BCUT2D eigenvalue weighted by molar-refractivity contribution is -0.118. The first kappa shape index (κ1) is 27.0. The second-order valence-electron chi connectivity index (χ2n) is 9.04. The Balaban J connectivity index is 1.57. The van der Waals surface area contributed by atoms with Crippen molar-refractivity contribution in [2.75, 3.05) is 6.54 Å². The molecule has 0 radical (unpaired) electrons. The van der Waals surface area contributed by atoms with Crippen LogP contribution >= 0.6 is 0 Å². The number of hydrogen-bond donors (Lipinski definition) is 1. The summed E-state index contributed by atoms with van der Waals surface area (Å²) in [6.45, 7) is 3.06. The highest BCUT2D eigenvalue weighted by Gasteiger charge is 2.17. The molecular formula is C31H30F2N2O3. The first-order valence-electron chi connectivity index (χ1n) is 12.4. The molecule has 5 nitrogen and oxygen atoms in total. The number of halogens is 2. The summed E-state index contributed by atoms with van der Waals surface area (Å²) in [5.74, 6) is 1.63. The molecule has 196 valence electrons. The van der Waals surface area contributed by atoms with Crippen molar-refractivity contribution in [2.24, 2.45) is 5.73 Å². The third-order valence-corrected chi connectivity index (χ3v) is 6.09. The molecule has 0 unspecified atom stereocenters. The lowest BCUT2D eigenvalue weighted by Gasteiger charge is -2.25. The van der Waals surface area contributed by atoms with Gasteiger partial charge in [0, 0.05) is 30.8 Å². The number of nitrogens with zero attached hydrogens (tertiary/aromatic N) is 1. The number of Topliss-reactive ketones (excluding diaryl/α,β-unsaturated/α-hetero) is 1. The normalized spacial score (nSPS) is 11.8. The smallest absolute Gasteiger partial charge is 0.146 e. The SMILES string of the molecule is CC(=O)[C@@H](N)CCN(Cc1ccccc1Oc1ccc(F)cc1)Cc1ccccc1Oc1ccc(F)cc1. The van der Waals surface area contributed by atoms with Crippen LogP contribution in [-0.4, -0.2) is 23.3 Å². The highest BCUT2D eigenvalue weighted by molar-refractivity contribution is 5.81. The standard InChI is InChI=1S/C31H30F2N2O3/c1-22(36)29(34)18-19-35(20-23-6-2-4-8-30(23)37-27-14-10-25(32)11-15-27)21-24-7-3-5-9-31(24)38-28-16-12-26(33)13-17-28/h2-17,29H,18-21,34H2,1H3/t29-/m0/s1. The van der Waals surface area contributed by atoms with Crippen LogP contribution in [0.5, 0.6) is 23.0 Å². The molecule has 1 atom stereocenters. The maximum Gasteiger partial charge on any atom is 0.146 e. The van der Waals surface area contributed by atoms with Gasteiger partial charge in [0.1, 0.15) is 40.4 Å². The third kappa shape index (κ3) is 7.71. The number of hydrogen-bond acceptors (Lipinski definition) is 5. The van der Waals surface area contributed by atoms with Gasteiger partial charge in [0.05, 0.1) is 6.04 Å². The van der Waals surface area contributed by atoms with Gasteiger partial charge in [-0.2, -0.15) is 0 Å². The van der Waals surface area contributed by atoms with E-state index in [2.05, 4.69) is 4.90 Å². The van der Waals surface area contributed by atoms with Crippen LogP contribution in [0.2, 0.25) is 0 Å². The van der Waals surface area contributed by atoms with Crippen molar-refractivity contribution >= 4 is 5.78 Å². The molecule has 4 rings (SSSR count). The number of carbonyl (C=O) groups is 1. The van der Waals surface area contributed by atoms with Crippen LogP contribution < -0.4 is 15.2 Å². The molecule has 0 bridgehead atoms. The Morgan fingerprint density at radius 2 is 1.16 bits per heavy atom. The minimum absolute atomic E-state index is 0.0648. The average molecular weight is 517 g/mol. The summed E-state index contributed by atoms with van der Waals surface area (Å²) < 4.78 is 38.8. The maximum absolute atomic E-state index is 13.4. The molecule has 0 amide bonds. The lowest BCUT2D eigenvalue weighted by Crippen LogP contribution is -2.34. The molecule has 0 aliphatic carbocycles. The van der Waals surface area contributed by atoms with Crippen LogP contribution in [-0.2, 0) is 17.9 Å².